The number of esters is 1. The molecule has 0 aromatic heterocycles. The van der Waals surface area contributed by atoms with Gasteiger partial charge in [-0.3, -0.25) is 9.69 Å². The van der Waals surface area contributed by atoms with Crippen LogP contribution in [0.5, 0.6) is 0 Å². The lowest BCUT2D eigenvalue weighted by Crippen LogP contribution is -2.36. The van der Waals surface area contributed by atoms with Gasteiger partial charge in [-0.25, -0.2) is 0 Å². The maximum absolute atomic E-state index is 10.4. The summed E-state index contributed by atoms with van der Waals surface area (Å²) >= 11 is 0. The molecule has 0 bridgehead atoms. The highest BCUT2D eigenvalue weighted by atomic mass is 35.5. The van der Waals surface area contributed by atoms with Crippen molar-refractivity contribution in [3.8, 4) is 0 Å². The molecule has 1 saturated heterocycles. The van der Waals surface area contributed by atoms with Crippen molar-refractivity contribution >= 4 is 18.4 Å². The van der Waals surface area contributed by atoms with Crippen LogP contribution in [0.25, 0.3) is 0 Å². The van der Waals surface area contributed by atoms with E-state index in [0.29, 0.717) is 6.61 Å². The summed E-state index contributed by atoms with van der Waals surface area (Å²) in [5, 5.41) is 0. The topological polar surface area (TPSA) is 38.8 Å². The van der Waals surface area contributed by atoms with Crippen molar-refractivity contribution in [2.45, 2.75) is 6.92 Å². The predicted molar refractivity (Wildman–Crippen MR) is 60.3 cm³/mol. The Labute approximate surface area is 96.6 Å². The highest BCUT2D eigenvalue weighted by Crippen LogP contribution is 1.96. The molecule has 1 aliphatic heterocycles. The molecule has 1 fully saturated rings. The van der Waals surface area contributed by atoms with E-state index >= 15 is 0 Å². The van der Waals surface area contributed by atoms with Crippen molar-refractivity contribution in [3.05, 3.63) is 12.2 Å². The SMILES string of the molecule is CC(=O)OC/C=C/CN1CCOCC1.Cl. The second-order valence-electron chi connectivity index (χ2n) is 3.19. The fourth-order valence-corrected chi connectivity index (χ4v) is 1.24. The first-order valence-corrected chi connectivity index (χ1v) is 4.87. The highest BCUT2D eigenvalue weighted by molar-refractivity contribution is 5.85. The molecule has 0 aliphatic carbocycles. The van der Waals surface area contributed by atoms with Gasteiger partial charge in [0.1, 0.15) is 6.61 Å². The van der Waals surface area contributed by atoms with E-state index in [1.807, 2.05) is 12.2 Å². The number of carbonyl (C=O) groups is 1. The van der Waals surface area contributed by atoms with Gasteiger partial charge in [-0.2, -0.15) is 0 Å². The standard InChI is InChI=1S/C10H17NO3.ClH/c1-10(12)14-7-3-2-4-11-5-8-13-9-6-11;/h2-3H,4-9H2,1H3;1H/b3-2+;. The maximum Gasteiger partial charge on any atom is 0.302 e. The van der Waals surface area contributed by atoms with Crippen LogP contribution in [0.3, 0.4) is 0 Å². The van der Waals surface area contributed by atoms with Gasteiger partial charge in [0.25, 0.3) is 0 Å². The zero-order valence-electron chi connectivity index (χ0n) is 8.98. The number of ether oxygens (including phenoxy) is 2. The van der Waals surface area contributed by atoms with E-state index in [-0.39, 0.29) is 18.4 Å². The van der Waals surface area contributed by atoms with Crippen molar-refractivity contribution in [2.75, 3.05) is 39.5 Å². The van der Waals surface area contributed by atoms with Crippen LogP contribution in [0.2, 0.25) is 0 Å². The smallest absolute Gasteiger partial charge is 0.302 e. The average Bonchev–Trinajstić information content (AvgIpc) is 2.18. The van der Waals surface area contributed by atoms with Crippen LogP contribution < -0.4 is 0 Å². The number of carbonyl (C=O) groups excluding carboxylic acids is 1. The van der Waals surface area contributed by atoms with Crippen molar-refractivity contribution in [2.24, 2.45) is 0 Å². The Morgan fingerprint density at radius 3 is 2.67 bits per heavy atom. The molecule has 0 unspecified atom stereocenters. The fourth-order valence-electron chi connectivity index (χ4n) is 1.24. The maximum atomic E-state index is 10.4. The summed E-state index contributed by atoms with van der Waals surface area (Å²) in [7, 11) is 0. The van der Waals surface area contributed by atoms with Gasteiger partial charge in [0.05, 0.1) is 13.2 Å². The van der Waals surface area contributed by atoms with E-state index in [4.69, 9.17) is 9.47 Å². The Hall–Kier alpha value is -0.580. The molecule has 0 aromatic carbocycles. The van der Waals surface area contributed by atoms with Crippen LogP contribution >= 0.6 is 12.4 Å². The Morgan fingerprint density at radius 2 is 2.07 bits per heavy atom. The summed E-state index contributed by atoms with van der Waals surface area (Å²) < 4.78 is 9.99. The molecular formula is C10H18ClNO3. The lowest BCUT2D eigenvalue weighted by molar-refractivity contribution is -0.139. The largest absolute Gasteiger partial charge is 0.462 e. The molecule has 0 saturated carbocycles. The molecule has 88 valence electrons. The Kier molecular flexibility index (Phi) is 8.37. The molecular weight excluding hydrogens is 218 g/mol. The molecule has 15 heavy (non-hydrogen) atoms. The number of hydrogen-bond acceptors (Lipinski definition) is 4. The van der Waals surface area contributed by atoms with Crippen LogP contribution in [-0.2, 0) is 14.3 Å². The van der Waals surface area contributed by atoms with E-state index in [0.717, 1.165) is 32.8 Å². The molecule has 0 atom stereocenters. The quantitative estimate of drug-likeness (QED) is 0.535. The minimum atomic E-state index is -0.235. The average molecular weight is 236 g/mol. The van der Waals surface area contributed by atoms with Crippen molar-refractivity contribution in [1.29, 1.82) is 0 Å². The number of rotatable bonds is 4. The van der Waals surface area contributed by atoms with E-state index in [1.54, 1.807) is 0 Å². The third-order valence-electron chi connectivity index (χ3n) is 2.02. The number of halogens is 1. The minimum absolute atomic E-state index is 0. The van der Waals surface area contributed by atoms with Gasteiger partial charge in [-0.15, -0.1) is 12.4 Å². The third-order valence-corrected chi connectivity index (χ3v) is 2.02. The van der Waals surface area contributed by atoms with E-state index in [2.05, 4.69) is 4.90 Å². The van der Waals surface area contributed by atoms with E-state index in [1.165, 1.54) is 6.92 Å². The normalized spacial score (nSPS) is 17.4. The molecule has 4 nitrogen and oxygen atoms in total. The monoisotopic (exact) mass is 235 g/mol. The molecule has 0 spiro atoms. The molecule has 5 heteroatoms. The summed E-state index contributed by atoms with van der Waals surface area (Å²) in [6, 6.07) is 0. The zero-order chi connectivity index (χ0) is 10.2. The third kappa shape index (κ3) is 7.36. The van der Waals surface area contributed by atoms with E-state index in [9.17, 15) is 4.79 Å². The molecule has 1 rings (SSSR count). The fraction of sp³-hybridized carbons (Fsp3) is 0.700. The first-order valence-electron chi connectivity index (χ1n) is 4.87. The first kappa shape index (κ1) is 14.4. The van der Waals surface area contributed by atoms with Gasteiger partial charge in [-0.1, -0.05) is 6.08 Å². The van der Waals surface area contributed by atoms with Gasteiger partial charge >= 0.3 is 5.97 Å². The van der Waals surface area contributed by atoms with Gasteiger partial charge in [0.2, 0.25) is 0 Å². The molecule has 1 aliphatic rings. The van der Waals surface area contributed by atoms with Crippen LogP contribution in [0, 0.1) is 0 Å². The number of morpholine rings is 1. The second kappa shape index (κ2) is 8.71. The summed E-state index contributed by atoms with van der Waals surface area (Å²) in [5.74, 6) is -0.235. The summed E-state index contributed by atoms with van der Waals surface area (Å²) in [6.45, 7) is 6.30. The highest BCUT2D eigenvalue weighted by Gasteiger charge is 2.07. The molecule has 0 aromatic rings. The van der Waals surface area contributed by atoms with Crippen LogP contribution in [0.1, 0.15) is 6.92 Å². The molecule has 1 heterocycles. The minimum Gasteiger partial charge on any atom is -0.462 e. The number of hydrogen-bond donors (Lipinski definition) is 0. The zero-order valence-corrected chi connectivity index (χ0v) is 9.79. The molecule has 0 N–H and O–H groups in total. The van der Waals surface area contributed by atoms with Gasteiger partial charge in [0.15, 0.2) is 0 Å². The number of nitrogens with zero attached hydrogens (tertiary/aromatic N) is 1. The first-order chi connectivity index (χ1) is 6.79. The van der Waals surface area contributed by atoms with Gasteiger partial charge in [-0.05, 0) is 6.08 Å². The molecule has 0 radical (unpaired) electrons. The van der Waals surface area contributed by atoms with Crippen LogP contribution in [0.4, 0.5) is 0 Å². The van der Waals surface area contributed by atoms with Crippen molar-refractivity contribution < 1.29 is 14.3 Å². The summed E-state index contributed by atoms with van der Waals surface area (Å²) in [5.41, 5.74) is 0. The Bertz CT molecular complexity index is 203. The van der Waals surface area contributed by atoms with E-state index < -0.39 is 0 Å². The van der Waals surface area contributed by atoms with Crippen LogP contribution in [-0.4, -0.2) is 50.3 Å². The summed E-state index contributed by atoms with van der Waals surface area (Å²) in [6.07, 6.45) is 3.89. The Morgan fingerprint density at radius 1 is 1.40 bits per heavy atom. The Balaban J connectivity index is 0.00000196. The van der Waals surface area contributed by atoms with Crippen molar-refractivity contribution in [3.63, 3.8) is 0 Å². The van der Waals surface area contributed by atoms with Gasteiger partial charge < -0.3 is 9.47 Å². The second-order valence-corrected chi connectivity index (χ2v) is 3.19. The van der Waals surface area contributed by atoms with Gasteiger partial charge in [0, 0.05) is 26.6 Å². The van der Waals surface area contributed by atoms with Crippen molar-refractivity contribution in [1.82, 2.24) is 4.90 Å². The lowest BCUT2D eigenvalue weighted by Gasteiger charge is -2.25. The summed E-state index contributed by atoms with van der Waals surface area (Å²) in [4.78, 5) is 12.7. The lowest BCUT2D eigenvalue weighted by atomic mass is 10.4. The molecule has 0 amide bonds. The van der Waals surface area contributed by atoms with Crippen LogP contribution in [0.15, 0.2) is 12.2 Å². The predicted octanol–water partition coefficient (Wildman–Crippen LogP) is 0.860.